The van der Waals surface area contributed by atoms with Crippen LogP contribution in [0.5, 0.6) is 0 Å². The smallest absolute Gasteiger partial charge is 0.335 e. The highest BCUT2D eigenvalue weighted by molar-refractivity contribution is 5.91. The monoisotopic (exact) mass is 289 g/mol. The minimum atomic E-state index is -0.967. The zero-order valence-electron chi connectivity index (χ0n) is 11.8. The van der Waals surface area contributed by atoms with Crippen molar-refractivity contribution in [3.63, 3.8) is 0 Å². The van der Waals surface area contributed by atoms with E-state index in [2.05, 4.69) is 10.2 Å². The molecule has 1 unspecified atom stereocenters. The summed E-state index contributed by atoms with van der Waals surface area (Å²) in [5, 5.41) is 11.7. The Hall–Kier alpha value is -2.08. The second-order valence-electron chi connectivity index (χ2n) is 5.59. The molecule has 0 bridgehead atoms. The molecule has 2 saturated heterocycles. The van der Waals surface area contributed by atoms with Gasteiger partial charge in [-0.05, 0) is 43.7 Å². The topological polar surface area (TPSA) is 72.9 Å². The van der Waals surface area contributed by atoms with Gasteiger partial charge in [0, 0.05) is 31.4 Å². The highest BCUT2D eigenvalue weighted by atomic mass is 16.4. The van der Waals surface area contributed by atoms with Crippen LogP contribution in [-0.2, 0) is 0 Å². The summed E-state index contributed by atoms with van der Waals surface area (Å²) in [6.07, 6.45) is 2.38. The summed E-state index contributed by atoms with van der Waals surface area (Å²) in [4.78, 5) is 27.3. The molecule has 1 atom stereocenters. The van der Waals surface area contributed by atoms with Crippen molar-refractivity contribution in [2.75, 3.05) is 31.5 Å². The Kier molecular flexibility index (Phi) is 3.79. The highest BCUT2D eigenvalue weighted by Crippen LogP contribution is 2.22. The van der Waals surface area contributed by atoms with Gasteiger partial charge in [-0.3, -0.25) is 4.90 Å². The number of aromatic carboxylic acids is 1. The van der Waals surface area contributed by atoms with Gasteiger partial charge in [-0.15, -0.1) is 0 Å². The molecule has 1 aromatic carbocycles. The van der Waals surface area contributed by atoms with Gasteiger partial charge in [-0.25, -0.2) is 9.59 Å². The summed E-state index contributed by atoms with van der Waals surface area (Å²) in [6, 6.07) is 6.61. The van der Waals surface area contributed by atoms with Crippen molar-refractivity contribution in [1.82, 2.24) is 9.80 Å². The van der Waals surface area contributed by atoms with E-state index in [1.165, 1.54) is 18.6 Å². The van der Waals surface area contributed by atoms with Crippen LogP contribution in [-0.4, -0.2) is 59.1 Å². The second-order valence-corrected chi connectivity index (χ2v) is 5.59. The lowest BCUT2D eigenvalue weighted by molar-refractivity contribution is 0.0697. The van der Waals surface area contributed by atoms with Crippen LogP contribution in [0.2, 0.25) is 0 Å². The van der Waals surface area contributed by atoms with E-state index in [9.17, 15) is 9.59 Å². The van der Waals surface area contributed by atoms with Gasteiger partial charge in [-0.1, -0.05) is 0 Å². The van der Waals surface area contributed by atoms with E-state index >= 15 is 0 Å². The zero-order valence-corrected chi connectivity index (χ0v) is 11.8. The van der Waals surface area contributed by atoms with Crippen molar-refractivity contribution in [3.05, 3.63) is 29.8 Å². The quantitative estimate of drug-likeness (QED) is 0.869. The molecule has 2 aliphatic heterocycles. The predicted octanol–water partition coefficient (Wildman–Crippen LogP) is 1.70. The Balaban J connectivity index is 1.59. The van der Waals surface area contributed by atoms with E-state index < -0.39 is 5.97 Å². The van der Waals surface area contributed by atoms with Crippen LogP contribution in [0, 0.1) is 0 Å². The molecule has 0 aliphatic carbocycles. The molecule has 6 heteroatoms. The van der Waals surface area contributed by atoms with Gasteiger partial charge < -0.3 is 15.3 Å². The van der Waals surface area contributed by atoms with E-state index in [0.29, 0.717) is 11.7 Å². The van der Waals surface area contributed by atoms with Crippen molar-refractivity contribution in [1.29, 1.82) is 0 Å². The summed E-state index contributed by atoms with van der Waals surface area (Å²) < 4.78 is 0. The van der Waals surface area contributed by atoms with Gasteiger partial charge in [0.15, 0.2) is 0 Å². The number of rotatable bonds is 2. The Labute approximate surface area is 123 Å². The van der Waals surface area contributed by atoms with Gasteiger partial charge in [-0.2, -0.15) is 0 Å². The van der Waals surface area contributed by atoms with Gasteiger partial charge >= 0.3 is 12.0 Å². The SMILES string of the molecule is O=C(O)c1ccc(NC(=O)N2CCN3CCCC3C2)cc1. The lowest BCUT2D eigenvalue weighted by Crippen LogP contribution is -2.53. The van der Waals surface area contributed by atoms with Gasteiger partial charge in [0.1, 0.15) is 0 Å². The van der Waals surface area contributed by atoms with E-state index in [4.69, 9.17) is 5.11 Å². The van der Waals surface area contributed by atoms with Crippen LogP contribution in [0.4, 0.5) is 10.5 Å². The van der Waals surface area contributed by atoms with Crippen LogP contribution in [0.3, 0.4) is 0 Å². The molecule has 0 aromatic heterocycles. The molecule has 1 aromatic rings. The number of nitrogens with one attached hydrogen (secondary N) is 1. The fourth-order valence-corrected chi connectivity index (χ4v) is 3.07. The van der Waals surface area contributed by atoms with Crippen molar-refractivity contribution in [2.24, 2.45) is 0 Å². The van der Waals surface area contributed by atoms with Gasteiger partial charge in [0.05, 0.1) is 5.56 Å². The van der Waals surface area contributed by atoms with Crippen LogP contribution in [0.15, 0.2) is 24.3 Å². The molecule has 2 fully saturated rings. The number of piperazine rings is 1. The summed E-state index contributed by atoms with van der Waals surface area (Å²) in [5.41, 5.74) is 0.839. The number of amides is 2. The van der Waals surface area contributed by atoms with Gasteiger partial charge in [0.25, 0.3) is 0 Å². The minimum absolute atomic E-state index is 0.107. The van der Waals surface area contributed by atoms with Crippen LogP contribution >= 0.6 is 0 Å². The third kappa shape index (κ3) is 3.00. The molecule has 2 amide bonds. The highest BCUT2D eigenvalue weighted by Gasteiger charge is 2.32. The normalized spacial score (nSPS) is 21.9. The number of carbonyl (C=O) groups is 2. The third-order valence-electron chi connectivity index (χ3n) is 4.26. The third-order valence-corrected chi connectivity index (χ3v) is 4.26. The van der Waals surface area contributed by atoms with Crippen LogP contribution < -0.4 is 5.32 Å². The molecule has 0 radical (unpaired) electrons. The fourth-order valence-electron chi connectivity index (χ4n) is 3.07. The Morgan fingerprint density at radius 1 is 1.14 bits per heavy atom. The molecule has 0 spiro atoms. The Morgan fingerprint density at radius 2 is 1.90 bits per heavy atom. The average Bonchev–Trinajstić information content (AvgIpc) is 2.95. The first kappa shape index (κ1) is 13.9. The molecule has 3 rings (SSSR count). The maximum Gasteiger partial charge on any atom is 0.335 e. The molecule has 2 heterocycles. The lowest BCUT2D eigenvalue weighted by atomic mass is 10.1. The van der Waals surface area contributed by atoms with Crippen molar-refractivity contribution in [2.45, 2.75) is 18.9 Å². The molecular formula is C15H19N3O3. The molecule has 2 aliphatic rings. The van der Waals surface area contributed by atoms with Crippen LogP contribution in [0.1, 0.15) is 23.2 Å². The fraction of sp³-hybridized carbons (Fsp3) is 0.467. The number of hydrogen-bond acceptors (Lipinski definition) is 3. The number of nitrogens with zero attached hydrogens (tertiary/aromatic N) is 2. The average molecular weight is 289 g/mol. The number of carbonyl (C=O) groups excluding carboxylic acids is 1. The maximum absolute atomic E-state index is 12.3. The predicted molar refractivity (Wildman–Crippen MR) is 78.6 cm³/mol. The Morgan fingerprint density at radius 3 is 2.62 bits per heavy atom. The number of urea groups is 1. The number of carboxylic acid groups (broad SMARTS) is 1. The number of carboxylic acids is 1. The number of benzene rings is 1. The number of hydrogen-bond donors (Lipinski definition) is 2. The minimum Gasteiger partial charge on any atom is -0.478 e. The lowest BCUT2D eigenvalue weighted by Gasteiger charge is -2.37. The summed E-state index contributed by atoms with van der Waals surface area (Å²) in [5.74, 6) is -0.967. The van der Waals surface area contributed by atoms with Crippen molar-refractivity contribution in [3.8, 4) is 0 Å². The molecule has 2 N–H and O–H groups in total. The molecule has 112 valence electrons. The maximum atomic E-state index is 12.3. The first-order valence-corrected chi connectivity index (χ1v) is 7.27. The van der Waals surface area contributed by atoms with E-state index in [1.807, 2.05) is 4.90 Å². The van der Waals surface area contributed by atoms with E-state index in [-0.39, 0.29) is 11.6 Å². The zero-order chi connectivity index (χ0) is 14.8. The van der Waals surface area contributed by atoms with Crippen molar-refractivity contribution >= 4 is 17.7 Å². The molecule has 21 heavy (non-hydrogen) atoms. The van der Waals surface area contributed by atoms with Crippen LogP contribution in [0.25, 0.3) is 0 Å². The first-order chi connectivity index (χ1) is 10.1. The van der Waals surface area contributed by atoms with Gasteiger partial charge in [0.2, 0.25) is 0 Å². The molecule has 0 saturated carbocycles. The summed E-state index contributed by atoms with van der Waals surface area (Å²) in [6.45, 7) is 3.61. The number of fused-ring (bicyclic) bond motifs is 1. The molecular weight excluding hydrogens is 270 g/mol. The van der Waals surface area contributed by atoms with Crippen molar-refractivity contribution < 1.29 is 14.7 Å². The summed E-state index contributed by atoms with van der Waals surface area (Å²) >= 11 is 0. The van der Waals surface area contributed by atoms with E-state index in [1.54, 1.807) is 12.1 Å². The standard InChI is InChI=1S/C15H19N3O3/c19-14(20)11-3-5-12(6-4-11)16-15(21)18-9-8-17-7-1-2-13(17)10-18/h3-6,13H,1-2,7-10H2,(H,16,21)(H,19,20). The molecule has 6 nitrogen and oxygen atoms in total. The second kappa shape index (κ2) is 5.73. The number of anilines is 1. The first-order valence-electron chi connectivity index (χ1n) is 7.27. The largest absolute Gasteiger partial charge is 0.478 e. The Bertz CT molecular complexity index is 544. The van der Waals surface area contributed by atoms with E-state index in [0.717, 1.165) is 32.6 Å². The summed E-state index contributed by atoms with van der Waals surface area (Å²) in [7, 11) is 0.